The molecular weight excluding hydrogens is 414 g/mol. The number of aliphatic hydroxyl groups is 1. The van der Waals surface area contributed by atoms with Gasteiger partial charge in [0, 0.05) is 18.3 Å². The third-order valence-corrected chi connectivity index (χ3v) is 10.3. The lowest BCUT2D eigenvalue weighted by molar-refractivity contribution is -0.143. The first-order valence-electron chi connectivity index (χ1n) is 11.9. The summed E-state index contributed by atoms with van der Waals surface area (Å²) in [5.74, 6) is -1.11. The van der Waals surface area contributed by atoms with E-state index < -0.39 is 28.7 Å². The van der Waals surface area contributed by atoms with Crippen LogP contribution >= 0.6 is 11.8 Å². The van der Waals surface area contributed by atoms with Crippen LogP contribution in [0.25, 0.3) is 0 Å². The van der Waals surface area contributed by atoms with Gasteiger partial charge in [0.1, 0.15) is 6.04 Å². The standard InChI is InChI=1S/C23H37N3O4S/c1-12(2)15(11-27)26-19(21(29)25-14-8-6-5-7-9-14)23-13(3)10-16(31-23)17(20(28)24-4)18(23)22(26)30/h12-19,27H,5-11H2,1-4H3,(H,24,28)(H,25,29)/t13?,15-,16-,17+,18-,19?,23?/m0/s1. The van der Waals surface area contributed by atoms with Gasteiger partial charge < -0.3 is 20.6 Å². The minimum Gasteiger partial charge on any atom is -0.394 e. The van der Waals surface area contributed by atoms with Crippen molar-refractivity contribution >= 4 is 29.5 Å². The highest BCUT2D eigenvalue weighted by atomic mass is 32.2. The highest BCUT2D eigenvalue weighted by Crippen LogP contribution is 2.68. The second kappa shape index (κ2) is 8.58. The van der Waals surface area contributed by atoms with Crippen molar-refractivity contribution in [3.63, 3.8) is 0 Å². The third kappa shape index (κ3) is 3.39. The first-order chi connectivity index (χ1) is 14.8. The fourth-order valence-corrected chi connectivity index (χ4v) is 9.14. The van der Waals surface area contributed by atoms with Gasteiger partial charge in [0.25, 0.3) is 0 Å². The second-order valence-corrected chi connectivity index (χ2v) is 11.8. The van der Waals surface area contributed by atoms with Crippen LogP contribution in [0.2, 0.25) is 0 Å². The zero-order valence-electron chi connectivity index (χ0n) is 19.1. The first kappa shape index (κ1) is 22.9. The molecule has 0 aromatic rings. The highest BCUT2D eigenvalue weighted by Gasteiger charge is 2.76. The number of amides is 3. The van der Waals surface area contributed by atoms with Gasteiger partial charge in [-0.1, -0.05) is 40.0 Å². The van der Waals surface area contributed by atoms with Gasteiger partial charge in [0.2, 0.25) is 17.7 Å². The van der Waals surface area contributed by atoms with E-state index in [4.69, 9.17) is 0 Å². The SMILES string of the molecule is CNC(=O)[C@@H]1[C@@H]2CC(C)C3(S2)C(C(=O)NC2CCCCC2)N([C@@H](CO)C(C)C)C(=O)[C@H]13. The maximum Gasteiger partial charge on any atom is 0.244 e. The molecule has 4 rings (SSSR count). The minimum absolute atomic E-state index is 0.00474. The molecule has 3 saturated heterocycles. The molecule has 31 heavy (non-hydrogen) atoms. The van der Waals surface area contributed by atoms with Crippen molar-refractivity contribution in [3.8, 4) is 0 Å². The number of likely N-dealkylation sites (tertiary alicyclic amines) is 1. The van der Waals surface area contributed by atoms with Gasteiger partial charge >= 0.3 is 0 Å². The van der Waals surface area contributed by atoms with Crippen LogP contribution in [-0.4, -0.2) is 69.5 Å². The summed E-state index contributed by atoms with van der Waals surface area (Å²) in [6.07, 6.45) is 6.21. The minimum atomic E-state index is -0.647. The average Bonchev–Trinajstić information content (AvgIpc) is 3.33. The van der Waals surface area contributed by atoms with Crippen molar-refractivity contribution < 1.29 is 19.5 Å². The smallest absolute Gasteiger partial charge is 0.244 e. The fourth-order valence-electron chi connectivity index (χ4n) is 6.73. The van der Waals surface area contributed by atoms with Crippen molar-refractivity contribution in [1.82, 2.24) is 15.5 Å². The van der Waals surface area contributed by atoms with Crippen LogP contribution in [0.4, 0.5) is 0 Å². The summed E-state index contributed by atoms with van der Waals surface area (Å²) in [5.41, 5.74) is 0. The summed E-state index contributed by atoms with van der Waals surface area (Å²) in [4.78, 5) is 42.2. The van der Waals surface area contributed by atoms with E-state index in [1.165, 1.54) is 6.42 Å². The molecule has 3 N–H and O–H groups in total. The molecule has 1 aliphatic carbocycles. The van der Waals surface area contributed by atoms with E-state index >= 15 is 0 Å². The number of nitrogens with one attached hydrogen (secondary N) is 2. The van der Waals surface area contributed by atoms with Gasteiger partial charge in [-0.15, -0.1) is 11.8 Å². The molecule has 1 spiro atoms. The summed E-state index contributed by atoms with van der Waals surface area (Å²) in [5, 5.41) is 16.3. The van der Waals surface area contributed by atoms with E-state index in [1.807, 2.05) is 13.8 Å². The molecule has 0 aromatic carbocycles. The zero-order chi connectivity index (χ0) is 22.5. The number of nitrogens with zero attached hydrogens (tertiary/aromatic N) is 1. The Morgan fingerprint density at radius 2 is 1.90 bits per heavy atom. The first-order valence-corrected chi connectivity index (χ1v) is 12.8. The van der Waals surface area contributed by atoms with Crippen LogP contribution in [0, 0.1) is 23.7 Å². The van der Waals surface area contributed by atoms with E-state index in [0.717, 1.165) is 32.1 Å². The molecular formula is C23H37N3O4S. The molecule has 0 radical (unpaired) electrons. The van der Waals surface area contributed by atoms with Gasteiger partial charge in [-0.3, -0.25) is 14.4 Å². The van der Waals surface area contributed by atoms with Gasteiger partial charge in [0.05, 0.1) is 29.2 Å². The van der Waals surface area contributed by atoms with Gasteiger partial charge in [-0.2, -0.15) is 0 Å². The maximum atomic E-state index is 13.9. The second-order valence-electron chi connectivity index (χ2n) is 10.2. The van der Waals surface area contributed by atoms with Crippen molar-refractivity contribution in [2.75, 3.05) is 13.7 Å². The molecule has 4 aliphatic rings. The van der Waals surface area contributed by atoms with Crippen molar-refractivity contribution in [2.24, 2.45) is 23.7 Å². The molecule has 3 amide bonds. The van der Waals surface area contributed by atoms with Crippen LogP contribution in [0.3, 0.4) is 0 Å². The van der Waals surface area contributed by atoms with Crippen molar-refractivity contribution in [1.29, 1.82) is 0 Å². The Kier molecular flexibility index (Phi) is 6.34. The lowest BCUT2D eigenvalue weighted by Gasteiger charge is -2.41. The molecule has 3 heterocycles. The number of carbonyl (C=O) groups is 3. The predicted molar refractivity (Wildman–Crippen MR) is 120 cm³/mol. The quantitative estimate of drug-likeness (QED) is 0.569. The summed E-state index contributed by atoms with van der Waals surface area (Å²) >= 11 is 1.69. The van der Waals surface area contributed by atoms with Crippen LogP contribution < -0.4 is 10.6 Å². The molecule has 1 saturated carbocycles. The van der Waals surface area contributed by atoms with Crippen LogP contribution in [0.15, 0.2) is 0 Å². The maximum absolute atomic E-state index is 13.9. The van der Waals surface area contributed by atoms with Gasteiger partial charge in [0.15, 0.2) is 0 Å². The number of hydrogen-bond acceptors (Lipinski definition) is 5. The zero-order valence-corrected chi connectivity index (χ0v) is 19.9. The van der Waals surface area contributed by atoms with E-state index in [2.05, 4.69) is 17.6 Å². The Hall–Kier alpha value is -1.28. The monoisotopic (exact) mass is 451 g/mol. The molecule has 174 valence electrons. The van der Waals surface area contributed by atoms with Gasteiger partial charge in [-0.25, -0.2) is 0 Å². The van der Waals surface area contributed by atoms with E-state index in [1.54, 1.807) is 23.7 Å². The van der Waals surface area contributed by atoms with Crippen LogP contribution in [-0.2, 0) is 14.4 Å². The Morgan fingerprint density at radius 1 is 1.23 bits per heavy atom. The Bertz CT molecular complexity index is 740. The Labute approximate surface area is 189 Å². The summed E-state index contributed by atoms with van der Waals surface area (Å²) < 4.78 is -0.611. The lowest BCUT2D eigenvalue weighted by Crippen LogP contribution is -2.60. The number of thioether (sulfide) groups is 1. The summed E-state index contributed by atoms with van der Waals surface area (Å²) in [6.45, 7) is 5.88. The average molecular weight is 452 g/mol. The molecule has 2 bridgehead atoms. The normalized spacial score (nSPS) is 38.5. The van der Waals surface area contributed by atoms with Crippen LogP contribution in [0.1, 0.15) is 59.3 Å². The number of aliphatic hydroxyl groups excluding tert-OH is 1. The van der Waals surface area contributed by atoms with Crippen molar-refractivity contribution in [3.05, 3.63) is 0 Å². The predicted octanol–water partition coefficient (Wildman–Crippen LogP) is 1.54. The summed E-state index contributed by atoms with van der Waals surface area (Å²) in [6, 6.07) is -0.938. The number of fused-ring (bicyclic) bond motifs is 1. The summed E-state index contributed by atoms with van der Waals surface area (Å²) in [7, 11) is 1.62. The molecule has 3 unspecified atom stereocenters. The van der Waals surface area contributed by atoms with Crippen LogP contribution in [0.5, 0.6) is 0 Å². The molecule has 7 nitrogen and oxygen atoms in total. The number of rotatable bonds is 6. The van der Waals surface area contributed by atoms with Crippen molar-refractivity contribution in [2.45, 2.75) is 87.4 Å². The largest absolute Gasteiger partial charge is 0.394 e. The molecule has 3 aliphatic heterocycles. The topological polar surface area (TPSA) is 98.7 Å². The third-order valence-electron chi connectivity index (χ3n) is 8.25. The van der Waals surface area contributed by atoms with E-state index in [-0.39, 0.29) is 47.5 Å². The van der Waals surface area contributed by atoms with Gasteiger partial charge in [-0.05, 0) is 31.1 Å². The molecule has 8 heteroatoms. The Balaban J connectivity index is 1.75. The number of hydrogen-bond donors (Lipinski definition) is 3. The molecule has 4 fully saturated rings. The molecule has 0 aromatic heterocycles. The number of carbonyl (C=O) groups excluding carboxylic acids is 3. The lowest BCUT2D eigenvalue weighted by atomic mass is 9.66. The van der Waals surface area contributed by atoms with E-state index in [9.17, 15) is 19.5 Å². The van der Waals surface area contributed by atoms with E-state index in [0.29, 0.717) is 0 Å². The highest BCUT2D eigenvalue weighted by molar-refractivity contribution is 8.02. The fraction of sp³-hybridized carbons (Fsp3) is 0.870. The Morgan fingerprint density at radius 3 is 2.48 bits per heavy atom. The molecule has 7 atom stereocenters.